The lowest BCUT2D eigenvalue weighted by molar-refractivity contribution is -0.286. The van der Waals surface area contributed by atoms with Crippen molar-refractivity contribution in [1.29, 1.82) is 0 Å². The van der Waals surface area contributed by atoms with Crippen molar-refractivity contribution in [3.63, 3.8) is 0 Å². The number of esters is 1. The molecule has 6 rings (SSSR count). The van der Waals surface area contributed by atoms with Crippen LogP contribution in [0.1, 0.15) is 64.9 Å². The number of hydrogen-bond acceptors (Lipinski definition) is 6. The van der Waals surface area contributed by atoms with Gasteiger partial charge >= 0.3 is 12.3 Å². The smallest absolute Gasteiger partial charge is 0.465 e. The number of halogens is 3. The first-order valence-electron chi connectivity index (χ1n) is 13.0. The van der Waals surface area contributed by atoms with E-state index >= 15 is 4.39 Å². The van der Waals surface area contributed by atoms with Crippen LogP contribution in [0.5, 0.6) is 11.5 Å². The van der Waals surface area contributed by atoms with Crippen LogP contribution in [0.15, 0.2) is 66.7 Å². The second-order valence-corrected chi connectivity index (χ2v) is 10.3. The number of amides is 1. The molecule has 2 heterocycles. The number of methoxy groups -OCH3 is 1. The third kappa shape index (κ3) is 4.88. The van der Waals surface area contributed by atoms with Gasteiger partial charge < -0.3 is 24.3 Å². The molecule has 0 bridgehead atoms. The minimum atomic E-state index is -3.74. The summed E-state index contributed by atoms with van der Waals surface area (Å²) in [4.78, 5) is 25.5. The van der Waals surface area contributed by atoms with Crippen molar-refractivity contribution in [2.75, 3.05) is 7.11 Å². The summed E-state index contributed by atoms with van der Waals surface area (Å²) in [5, 5.41) is 3.13. The SMILES string of the molecule is COC(=O)c1ccc([C@H]2C[C@H](NC(=O)C3(c4ccc5c(c4)OC(F)(F)O5)CC3)C[C@@H](c3ccccc3)O2)c(F)c1. The van der Waals surface area contributed by atoms with Gasteiger partial charge in [-0.25, -0.2) is 9.18 Å². The van der Waals surface area contributed by atoms with Crippen LogP contribution in [-0.4, -0.2) is 31.3 Å². The topological polar surface area (TPSA) is 83.1 Å². The number of carbonyl (C=O) groups excluding carboxylic acids is 2. The van der Waals surface area contributed by atoms with Crippen molar-refractivity contribution in [2.24, 2.45) is 0 Å². The molecule has 1 amide bonds. The predicted octanol–water partition coefficient (Wildman–Crippen LogP) is 5.74. The molecule has 40 heavy (non-hydrogen) atoms. The third-order valence-electron chi connectivity index (χ3n) is 7.74. The van der Waals surface area contributed by atoms with Crippen LogP contribution < -0.4 is 14.8 Å². The van der Waals surface area contributed by atoms with E-state index in [4.69, 9.17) is 4.74 Å². The average molecular weight is 554 g/mol. The summed E-state index contributed by atoms with van der Waals surface area (Å²) in [6, 6.07) is 17.6. The van der Waals surface area contributed by atoms with E-state index in [1.54, 1.807) is 6.07 Å². The first kappa shape index (κ1) is 26.2. The largest absolute Gasteiger partial charge is 0.586 e. The van der Waals surface area contributed by atoms with Crippen molar-refractivity contribution in [3.05, 3.63) is 94.8 Å². The number of rotatable bonds is 6. The van der Waals surface area contributed by atoms with E-state index in [0.29, 0.717) is 31.2 Å². The minimum absolute atomic E-state index is 0.0804. The van der Waals surface area contributed by atoms with Crippen LogP contribution in [-0.2, 0) is 19.7 Å². The maximum atomic E-state index is 15.2. The highest BCUT2D eigenvalue weighted by molar-refractivity contribution is 5.92. The van der Waals surface area contributed by atoms with Gasteiger partial charge in [-0.1, -0.05) is 42.5 Å². The second kappa shape index (κ2) is 9.85. The van der Waals surface area contributed by atoms with Gasteiger partial charge in [0.25, 0.3) is 0 Å². The molecule has 3 aromatic rings. The fourth-order valence-electron chi connectivity index (χ4n) is 5.50. The molecule has 1 saturated carbocycles. The fraction of sp³-hybridized carbons (Fsp3) is 0.333. The van der Waals surface area contributed by atoms with Crippen LogP contribution in [0.2, 0.25) is 0 Å². The Hall–Kier alpha value is -4.05. The molecule has 0 unspecified atom stereocenters. The van der Waals surface area contributed by atoms with E-state index in [2.05, 4.69) is 19.5 Å². The number of fused-ring (bicyclic) bond motifs is 1. The van der Waals surface area contributed by atoms with Crippen molar-refractivity contribution in [1.82, 2.24) is 5.32 Å². The van der Waals surface area contributed by atoms with Crippen LogP contribution in [0.3, 0.4) is 0 Å². The highest BCUT2D eigenvalue weighted by Gasteiger charge is 2.53. The van der Waals surface area contributed by atoms with Gasteiger partial charge in [-0.2, -0.15) is 0 Å². The average Bonchev–Trinajstić information content (AvgIpc) is 3.70. The summed E-state index contributed by atoms with van der Waals surface area (Å²) < 4.78 is 62.3. The number of nitrogens with one attached hydrogen (secondary N) is 1. The van der Waals surface area contributed by atoms with Crippen molar-refractivity contribution in [2.45, 2.75) is 55.6 Å². The second-order valence-electron chi connectivity index (χ2n) is 10.3. The summed E-state index contributed by atoms with van der Waals surface area (Å²) in [5.74, 6) is -1.69. The van der Waals surface area contributed by atoms with Gasteiger partial charge in [-0.15, -0.1) is 8.78 Å². The molecule has 0 aromatic heterocycles. The number of hydrogen-bond donors (Lipinski definition) is 1. The Morgan fingerprint density at radius 2 is 1.65 bits per heavy atom. The van der Waals surface area contributed by atoms with Gasteiger partial charge in [0.05, 0.1) is 30.3 Å². The molecule has 2 fully saturated rings. The summed E-state index contributed by atoms with van der Waals surface area (Å²) in [6.45, 7) is 0. The Kier molecular flexibility index (Phi) is 6.45. The van der Waals surface area contributed by atoms with E-state index in [1.165, 1.54) is 31.4 Å². The number of alkyl halides is 2. The van der Waals surface area contributed by atoms with Crippen molar-refractivity contribution in [3.8, 4) is 11.5 Å². The Bertz CT molecular complexity index is 1460. The molecular formula is C30H26F3NO6. The molecule has 0 spiro atoms. The van der Waals surface area contributed by atoms with Gasteiger partial charge in [0.15, 0.2) is 11.5 Å². The highest BCUT2D eigenvalue weighted by atomic mass is 19.3. The lowest BCUT2D eigenvalue weighted by Crippen LogP contribution is -2.45. The summed E-state index contributed by atoms with van der Waals surface area (Å²) >= 11 is 0. The molecule has 1 saturated heterocycles. The lowest BCUT2D eigenvalue weighted by atomic mass is 9.89. The number of benzene rings is 3. The first-order valence-corrected chi connectivity index (χ1v) is 13.0. The quantitative estimate of drug-likeness (QED) is 0.392. The van der Waals surface area contributed by atoms with Gasteiger partial charge in [0.1, 0.15) is 5.82 Å². The zero-order valence-corrected chi connectivity index (χ0v) is 21.5. The molecule has 10 heteroatoms. The zero-order valence-electron chi connectivity index (χ0n) is 21.5. The third-order valence-corrected chi connectivity index (χ3v) is 7.74. The predicted molar refractivity (Wildman–Crippen MR) is 135 cm³/mol. The highest BCUT2D eigenvalue weighted by Crippen LogP contribution is 2.52. The zero-order chi connectivity index (χ0) is 28.1. The summed E-state index contributed by atoms with van der Waals surface area (Å²) in [7, 11) is 1.22. The monoisotopic (exact) mass is 553 g/mol. The minimum Gasteiger partial charge on any atom is -0.465 e. The number of ether oxygens (including phenoxy) is 4. The Labute approximate surface area is 228 Å². The Morgan fingerprint density at radius 3 is 2.35 bits per heavy atom. The maximum absolute atomic E-state index is 15.2. The van der Waals surface area contributed by atoms with Gasteiger partial charge in [0, 0.05) is 11.6 Å². The first-order chi connectivity index (χ1) is 19.2. The van der Waals surface area contributed by atoms with E-state index in [9.17, 15) is 18.4 Å². The standard InChI is InChI=1S/C30H26F3NO6/c1-37-27(35)18-7-9-21(22(31)13-18)25-16-20(15-24(38-25)17-5-3-2-4-6-17)34-28(36)29(11-12-29)19-8-10-23-26(14-19)40-30(32,33)39-23/h2-10,13-14,20,24-25H,11-12,15-16H2,1H3,(H,34,36)/t20-,24+,25-/m1/s1. The van der Waals surface area contributed by atoms with Gasteiger partial charge in [-0.3, -0.25) is 4.79 Å². The maximum Gasteiger partial charge on any atom is 0.586 e. The number of carbonyl (C=O) groups is 2. The molecule has 0 radical (unpaired) electrons. The van der Waals surface area contributed by atoms with Crippen LogP contribution in [0.4, 0.5) is 13.2 Å². The summed E-state index contributed by atoms with van der Waals surface area (Å²) in [6.07, 6.45) is -3.01. The van der Waals surface area contributed by atoms with E-state index in [1.807, 2.05) is 30.3 Å². The van der Waals surface area contributed by atoms with E-state index < -0.39 is 35.7 Å². The Morgan fingerprint density at radius 1 is 0.925 bits per heavy atom. The summed E-state index contributed by atoms with van der Waals surface area (Å²) in [5.41, 5.74) is 0.930. The molecule has 2 aliphatic heterocycles. The molecule has 1 N–H and O–H groups in total. The fourth-order valence-corrected chi connectivity index (χ4v) is 5.50. The normalized spacial score (nSPS) is 23.8. The molecule has 3 aliphatic rings. The molecule has 3 aromatic carbocycles. The van der Waals surface area contributed by atoms with Gasteiger partial charge in [-0.05, 0) is 61.1 Å². The van der Waals surface area contributed by atoms with Gasteiger partial charge in [0.2, 0.25) is 5.91 Å². The van der Waals surface area contributed by atoms with Crippen LogP contribution in [0, 0.1) is 5.82 Å². The molecular weight excluding hydrogens is 527 g/mol. The van der Waals surface area contributed by atoms with E-state index in [0.717, 1.165) is 11.6 Å². The van der Waals surface area contributed by atoms with Crippen molar-refractivity contribution < 1.29 is 41.7 Å². The lowest BCUT2D eigenvalue weighted by Gasteiger charge is -2.37. The van der Waals surface area contributed by atoms with Crippen LogP contribution in [0.25, 0.3) is 0 Å². The molecule has 208 valence electrons. The van der Waals surface area contributed by atoms with Crippen molar-refractivity contribution >= 4 is 11.9 Å². The Balaban J connectivity index is 1.24. The molecule has 7 nitrogen and oxygen atoms in total. The van der Waals surface area contributed by atoms with E-state index in [-0.39, 0.29) is 34.6 Å². The van der Waals surface area contributed by atoms with Crippen LogP contribution >= 0.6 is 0 Å². The molecule has 3 atom stereocenters. The molecule has 1 aliphatic carbocycles.